The van der Waals surface area contributed by atoms with Gasteiger partial charge in [-0.1, -0.05) is 19.9 Å². The molecule has 0 aliphatic carbocycles. The average molecular weight is 292 g/mol. The van der Waals surface area contributed by atoms with E-state index in [4.69, 9.17) is 4.74 Å². The number of rotatable bonds is 5. The molecule has 1 N–H and O–H groups in total. The number of ether oxygens (including phenoxy) is 1. The zero-order valence-electron chi connectivity index (χ0n) is 12.3. The molecule has 2 aromatic rings. The Morgan fingerprint density at radius 2 is 2.05 bits per heavy atom. The molecule has 0 fully saturated rings. The molecule has 0 aliphatic heterocycles. The van der Waals surface area contributed by atoms with Gasteiger partial charge >= 0.3 is 0 Å². The highest BCUT2D eigenvalue weighted by Gasteiger charge is 2.12. The summed E-state index contributed by atoms with van der Waals surface area (Å²) in [4.78, 5) is 4.17. The van der Waals surface area contributed by atoms with E-state index in [2.05, 4.69) is 24.1 Å². The third kappa shape index (κ3) is 3.98. The number of benzene rings is 1. The van der Waals surface area contributed by atoms with Crippen LogP contribution in [0, 0.1) is 18.6 Å². The Kier molecular flexibility index (Phi) is 4.85. The van der Waals surface area contributed by atoms with Crippen LogP contribution in [0.3, 0.4) is 0 Å². The highest BCUT2D eigenvalue weighted by atomic mass is 19.2. The zero-order valence-corrected chi connectivity index (χ0v) is 12.3. The first-order chi connectivity index (χ1) is 9.97. The van der Waals surface area contributed by atoms with Crippen LogP contribution in [-0.2, 0) is 6.54 Å². The zero-order chi connectivity index (χ0) is 15.4. The standard InChI is InChI=1S/C16H18F2N2O/c1-10(2)19-8-12-7-11(3)16(20-9-12)21-14-6-4-5-13(17)15(14)18/h4-7,9-10,19H,8H2,1-3H3. The molecule has 1 aromatic carbocycles. The van der Waals surface area contributed by atoms with E-state index in [0.717, 1.165) is 17.2 Å². The molecule has 0 bridgehead atoms. The smallest absolute Gasteiger partial charge is 0.222 e. The number of aryl methyl sites for hydroxylation is 1. The first kappa shape index (κ1) is 15.4. The van der Waals surface area contributed by atoms with E-state index in [-0.39, 0.29) is 11.6 Å². The maximum Gasteiger partial charge on any atom is 0.222 e. The van der Waals surface area contributed by atoms with Gasteiger partial charge in [0.15, 0.2) is 11.6 Å². The van der Waals surface area contributed by atoms with Crippen LogP contribution in [0.5, 0.6) is 11.6 Å². The largest absolute Gasteiger partial charge is 0.436 e. The van der Waals surface area contributed by atoms with Crippen molar-refractivity contribution in [1.29, 1.82) is 0 Å². The molecule has 5 heteroatoms. The van der Waals surface area contributed by atoms with Crippen LogP contribution in [0.15, 0.2) is 30.5 Å². The normalized spacial score (nSPS) is 11.0. The molecule has 0 aliphatic rings. The van der Waals surface area contributed by atoms with Crippen molar-refractivity contribution >= 4 is 0 Å². The van der Waals surface area contributed by atoms with Gasteiger partial charge in [-0.05, 0) is 30.7 Å². The molecule has 21 heavy (non-hydrogen) atoms. The number of pyridine rings is 1. The monoisotopic (exact) mass is 292 g/mol. The van der Waals surface area contributed by atoms with Crippen molar-refractivity contribution in [3.05, 3.63) is 53.2 Å². The molecule has 0 radical (unpaired) electrons. The molecule has 1 heterocycles. The van der Waals surface area contributed by atoms with E-state index >= 15 is 0 Å². The Morgan fingerprint density at radius 1 is 1.29 bits per heavy atom. The second-order valence-corrected chi connectivity index (χ2v) is 5.16. The summed E-state index contributed by atoms with van der Waals surface area (Å²) in [6.45, 7) is 6.63. The molecular formula is C16H18F2N2O. The Labute approximate surface area is 123 Å². The molecular weight excluding hydrogens is 274 g/mol. The van der Waals surface area contributed by atoms with Crippen LogP contribution >= 0.6 is 0 Å². The van der Waals surface area contributed by atoms with Gasteiger partial charge in [0.1, 0.15) is 0 Å². The summed E-state index contributed by atoms with van der Waals surface area (Å²) in [5, 5.41) is 3.28. The van der Waals surface area contributed by atoms with Crippen molar-refractivity contribution in [2.45, 2.75) is 33.4 Å². The lowest BCUT2D eigenvalue weighted by Crippen LogP contribution is -2.21. The number of hydrogen-bond donors (Lipinski definition) is 1. The number of aromatic nitrogens is 1. The summed E-state index contributed by atoms with van der Waals surface area (Å²) in [5.41, 5.74) is 1.77. The lowest BCUT2D eigenvalue weighted by molar-refractivity contribution is 0.403. The van der Waals surface area contributed by atoms with Gasteiger partial charge in [-0.15, -0.1) is 0 Å². The predicted octanol–water partition coefficient (Wildman–Crippen LogP) is 3.96. The third-order valence-corrected chi connectivity index (χ3v) is 2.92. The van der Waals surface area contributed by atoms with Gasteiger partial charge in [0.25, 0.3) is 0 Å². The van der Waals surface area contributed by atoms with Gasteiger partial charge in [0.05, 0.1) is 0 Å². The fourth-order valence-electron chi connectivity index (χ4n) is 1.81. The molecule has 0 atom stereocenters. The molecule has 0 saturated carbocycles. The Bertz CT molecular complexity index is 630. The molecule has 0 saturated heterocycles. The fourth-order valence-corrected chi connectivity index (χ4v) is 1.81. The van der Waals surface area contributed by atoms with E-state index in [1.165, 1.54) is 12.1 Å². The van der Waals surface area contributed by atoms with Crippen molar-refractivity contribution in [2.75, 3.05) is 0 Å². The lowest BCUT2D eigenvalue weighted by Gasteiger charge is -2.11. The molecule has 1 aromatic heterocycles. The van der Waals surface area contributed by atoms with E-state index in [0.29, 0.717) is 12.6 Å². The summed E-state index contributed by atoms with van der Waals surface area (Å²) in [6.07, 6.45) is 1.66. The number of nitrogens with zero attached hydrogens (tertiary/aromatic N) is 1. The van der Waals surface area contributed by atoms with Crippen molar-refractivity contribution in [3.63, 3.8) is 0 Å². The van der Waals surface area contributed by atoms with Gasteiger partial charge in [-0.3, -0.25) is 0 Å². The molecule has 2 rings (SSSR count). The first-order valence-electron chi connectivity index (χ1n) is 6.78. The summed E-state index contributed by atoms with van der Waals surface area (Å²) >= 11 is 0. The predicted molar refractivity (Wildman–Crippen MR) is 77.4 cm³/mol. The second-order valence-electron chi connectivity index (χ2n) is 5.16. The highest BCUT2D eigenvalue weighted by molar-refractivity contribution is 5.34. The number of halogens is 2. The van der Waals surface area contributed by atoms with Crippen LogP contribution in [-0.4, -0.2) is 11.0 Å². The fraction of sp³-hybridized carbons (Fsp3) is 0.312. The average Bonchev–Trinajstić information content (AvgIpc) is 2.44. The summed E-state index contributed by atoms with van der Waals surface area (Å²) in [6, 6.07) is 6.10. The number of nitrogens with one attached hydrogen (secondary N) is 1. The van der Waals surface area contributed by atoms with Gasteiger partial charge in [0.2, 0.25) is 11.7 Å². The van der Waals surface area contributed by atoms with Gasteiger partial charge in [-0.25, -0.2) is 9.37 Å². The minimum Gasteiger partial charge on any atom is -0.436 e. The van der Waals surface area contributed by atoms with Gasteiger partial charge in [-0.2, -0.15) is 4.39 Å². The topological polar surface area (TPSA) is 34.2 Å². The van der Waals surface area contributed by atoms with Crippen LogP contribution in [0.4, 0.5) is 8.78 Å². The van der Waals surface area contributed by atoms with Crippen LogP contribution in [0.1, 0.15) is 25.0 Å². The van der Waals surface area contributed by atoms with E-state index in [9.17, 15) is 8.78 Å². The maximum atomic E-state index is 13.6. The Morgan fingerprint density at radius 3 is 2.71 bits per heavy atom. The first-order valence-corrected chi connectivity index (χ1v) is 6.78. The van der Waals surface area contributed by atoms with E-state index < -0.39 is 11.6 Å². The van der Waals surface area contributed by atoms with Crippen molar-refractivity contribution in [3.8, 4) is 11.6 Å². The summed E-state index contributed by atoms with van der Waals surface area (Å²) in [7, 11) is 0. The van der Waals surface area contributed by atoms with Gasteiger partial charge in [0, 0.05) is 24.3 Å². The molecule has 0 amide bonds. The lowest BCUT2D eigenvalue weighted by atomic mass is 10.2. The van der Waals surface area contributed by atoms with E-state index in [1.54, 1.807) is 6.20 Å². The highest BCUT2D eigenvalue weighted by Crippen LogP contribution is 2.26. The third-order valence-electron chi connectivity index (χ3n) is 2.92. The Hall–Kier alpha value is -2.01. The van der Waals surface area contributed by atoms with Crippen molar-refractivity contribution < 1.29 is 13.5 Å². The quantitative estimate of drug-likeness (QED) is 0.905. The molecule has 3 nitrogen and oxygen atoms in total. The van der Waals surface area contributed by atoms with Crippen molar-refractivity contribution in [1.82, 2.24) is 10.3 Å². The molecule has 112 valence electrons. The summed E-state index contributed by atoms with van der Waals surface area (Å²) in [5.74, 6) is -1.85. The SMILES string of the molecule is Cc1cc(CNC(C)C)cnc1Oc1cccc(F)c1F. The summed E-state index contributed by atoms with van der Waals surface area (Å²) < 4.78 is 32.1. The van der Waals surface area contributed by atoms with Crippen LogP contribution in [0.25, 0.3) is 0 Å². The van der Waals surface area contributed by atoms with Crippen molar-refractivity contribution in [2.24, 2.45) is 0 Å². The minimum absolute atomic E-state index is 0.168. The van der Waals surface area contributed by atoms with Crippen LogP contribution in [0.2, 0.25) is 0 Å². The molecule has 0 unspecified atom stereocenters. The van der Waals surface area contributed by atoms with Gasteiger partial charge < -0.3 is 10.1 Å². The van der Waals surface area contributed by atoms with E-state index in [1.807, 2.05) is 13.0 Å². The maximum absolute atomic E-state index is 13.6. The van der Waals surface area contributed by atoms with Crippen LogP contribution < -0.4 is 10.1 Å². The second kappa shape index (κ2) is 6.63. The molecule has 0 spiro atoms. The number of hydrogen-bond acceptors (Lipinski definition) is 3. The minimum atomic E-state index is -1.01. The Balaban J connectivity index is 2.16.